The second kappa shape index (κ2) is 6.61. The number of hydrogen-bond acceptors (Lipinski definition) is 4. The zero-order valence-electron chi connectivity index (χ0n) is 12.9. The highest BCUT2D eigenvalue weighted by molar-refractivity contribution is 7.90. The van der Waals surface area contributed by atoms with E-state index >= 15 is 0 Å². The molecule has 0 aliphatic rings. The Bertz CT molecular complexity index is 482. The van der Waals surface area contributed by atoms with Crippen LogP contribution >= 0.6 is 0 Å². The van der Waals surface area contributed by atoms with Crippen LogP contribution in [0, 0.1) is 6.92 Å². The van der Waals surface area contributed by atoms with Crippen molar-refractivity contribution in [3.63, 3.8) is 0 Å². The molecule has 0 bridgehead atoms. The van der Waals surface area contributed by atoms with Gasteiger partial charge >= 0.3 is 5.97 Å². The molecule has 112 valence electrons. The molecule has 0 amide bonds. The third kappa shape index (κ3) is 4.23. The summed E-state index contributed by atoms with van der Waals surface area (Å²) < 4.78 is 19.6. The van der Waals surface area contributed by atoms with Crippen LogP contribution in [0.5, 0.6) is 0 Å². The molecule has 0 aliphatic heterocycles. The van der Waals surface area contributed by atoms with Gasteiger partial charge in [-0.1, -0.05) is 12.1 Å². The van der Waals surface area contributed by atoms with Gasteiger partial charge in [0.05, 0.1) is 18.7 Å². The minimum atomic E-state index is -1.13. The van der Waals surface area contributed by atoms with Gasteiger partial charge in [0.25, 0.3) is 0 Å². The smallest absolute Gasteiger partial charge is 0.338 e. The van der Waals surface area contributed by atoms with E-state index in [0.717, 1.165) is 11.1 Å². The minimum absolute atomic E-state index is 0.0551. The summed E-state index contributed by atoms with van der Waals surface area (Å²) in [5.41, 5.74) is 2.40. The van der Waals surface area contributed by atoms with E-state index in [1.165, 1.54) is 7.11 Å². The second-order valence-electron chi connectivity index (χ2n) is 5.79. The van der Waals surface area contributed by atoms with Crippen LogP contribution in [0.1, 0.15) is 55.2 Å². The normalized spacial score (nSPS) is 14.8. The van der Waals surface area contributed by atoms with Gasteiger partial charge in [-0.2, -0.15) is 0 Å². The largest absolute Gasteiger partial charge is 0.598 e. The molecule has 0 heterocycles. The Morgan fingerprint density at radius 3 is 2.45 bits per heavy atom. The Morgan fingerprint density at radius 1 is 1.40 bits per heavy atom. The fourth-order valence-electron chi connectivity index (χ4n) is 1.70. The summed E-state index contributed by atoms with van der Waals surface area (Å²) in [6.45, 7) is 9.59. The van der Waals surface area contributed by atoms with Crippen LogP contribution in [0.4, 0.5) is 0 Å². The molecule has 1 N–H and O–H groups in total. The highest BCUT2D eigenvalue weighted by atomic mass is 32.2. The summed E-state index contributed by atoms with van der Waals surface area (Å²) in [7, 11) is 1.37. The molecule has 1 rings (SSSR count). The van der Waals surface area contributed by atoms with Crippen molar-refractivity contribution in [3.05, 3.63) is 34.9 Å². The number of esters is 1. The Kier molecular flexibility index (Phi) is 5.62. The zero-order chi connectivity index (χ0) is 15.5. The van der Waals surface area contributed by atoms with Crippen molar-refractivity contribution >= 4 is 17.3 Å². The molecule has 1 unspecified atom stereocenters. The van der Waals surface area contributed by atoms with Crippen molar-refractivity contribution in [1.82, 2.24) is 4.72 Å². The third-order valence-corrected chi connectivity index (χ3v) is 4.68. The zero-order valence-corrected chi connectivity index (χ0v) is 13.8. The van der Waals surface area contributed by atoms with Crippen molar-refractivity contribution in [2.75, 3.05) is 7.11 Å². The number of nitrogens with one attached hydrogen (secondary N) is 1. The standard InChI is InChI=1S/C15H23NO3S/c1-10-9-12(7-8-13(10)14(17)19-6)11(2)16-20(18)15(3,4)5/h7-9,11,16H,1-6H3/t11-,20?/m0/s1. The predicted octanol–water partition coefficient (Wildman–Crippen LogP) is 2.89. The number of rotatable bonds is 4. The van der Waals surface area contributed by atoms with Gasteiger partial charge in [0, 0.05) is 11.4 Å². The van der Waals surface area contributed by atoms with E-state index in [9.17, 15) is 9.35 Å². The lowest BCUT2D eigenvalue weighted by molar-refractivity contribution is 0.0600. The van der Waals surface area contributed by atoms with Crippen molar-refractivity contribution < 1.29 is 14.1 Å². The number of hydrogen-bond donors (Lipinski definition) is 1. The van der Waals surface area contributed by atoms with Gasteiger partial charge in [0.1, 0.15) is 4.75 Å². The summed E-state index contributed by atoms with van der Waals surface area (Å²) in [4.78, 5) is 11.5. The molecule has 0 radical (unpaired) electrons. The third-order valence-electron chi connectivity index (χ3n) is 3.00. The highest BCUT2D eigenvalue weighted by Crippen LogP contribution is 2.22. The van der Waals surface area contributed by atoms with Gasteiger partial charge in [0.15, 0.2) is 0 Å². The van der Waals surface area contributed by atoms with Gasteiger partial charge in [-0.3, -0.25) is 0 Å². The molecule has 0 spiro atoms. The first-order chi connectivity index (χ1) is 9.16. The average molecular weight is 297 g/mol. The lowest BCUT2D eigenvalue weighted by atomic mass is 10.0. The lowest BCUT2D eigenvalue weighted by Crippen LogP contribution is -2.40. The molecule has 0 aliphatic carbocycles. The van der Waals surface area contributed by atoms with Crippen molar-refractivity contribution in [3.8, 4) is 0 Å². The van der Waals surface area contributed by atoms with Crippen LogP contribution in [-0.4, -0.2) is 22.4 Å². The summed E-state index contributed by atoms with van der Waals surface area (Å²) >= 11 is -1.13. The Hall–Kier alpha value is -1.04. The Labute approximate surface area is 124 Å². The maximum Gasteiger partial charge on any atom is 0.338 e. The fraction of sp³-hybridized carbons (Fsp3) is 0.533. The van der Waals surface area contributed by atoms with E-state index in [-0.39, 0.29) is 16.8 Å². The van der Waals surface area contributed by atoms with Crippen LogP contribution in [-0.2, 0) is 16.1 Å². The van der Waals surface area contributed by atoms with Crippen LogP contribution in [0.25, 0.3) is 0 Å². The summed E-state index contributed by atoms with van der Waals surface area (Å²) in [6.07, 6.45) is 0. The topological polar surface area (TPSA) is 61.4 Å². The molecule has 5 heteroatoms. The first kappa shape index (κ1) is 17.0. The summed E-state index contributed by atoms with van der Waals surface area (Å²) in [5.74, 6) is -0.340. The lowest BCUT2D eigenvalue weighted by Gasteiger charge is -2.26. The number of benzene rings is 1. The molecule has 0 fully saturated rings. The molecule has 4 nitrogen and oxygen atoms in total. The van der Waals surface area contributed by atoms with E-state index < -0.39 is 11.4 Å². The number of carbonyl (C=O) groups is 1. The first-order valence-corrected chi connectivity index (χ1v) is 7.68. The SMILES string of the molecule is COC(=O)c1ccc([C@H](C)N[S+]([O-])C(C)(C)C)cc1C. The number of carbonyl (C=O) groups excluding carboxylic acids is 1. The van der Waals surface area contributed by atoms with Gasteiger partial charge in [-0.05, 0) is 51.8 Å². The first-order valence-electron chi connectivity index (χ1n) is 6.53. The molecule has 1 aromatic rings. The van der Waals surface area contributed by atoms with Gasteiger partial charge in [-0.15, -0.1) is 4.72 Å². The molecule has 0 aromatic heterocycles. The fourth-order valence-corrected chi connectivity index (χ4v) is 2.51. The number of methoxy groups -OCH3 is 1. The molecule has 1 aromatic carbocycles. The minimum Gasteiger partial charge on any atom is -0.598 e. The van der Waals surface area contributed by atoms with Crippen LogP contribution in [0.3, 0.4) is 0 Å². The molecule has 20 heavy (non-hydrogen) atoms. The average Bonchev–Trinajstić information content (AvgIpc) is 2.36. The summed E-state index contributed by atoms with van der Waals surface area (Å²) in [6, 6.07) is 5.47. The van der Waals surface area contributed by atoms with Crippen molar-refractivity contribution in [2.24, 2.45) is 0 Å². The van der Waals surface area contributed by atoms with Gasteiger partial charge in [0.2, 0.25) is 0 Å². The van der Waals surface area contributed by atoms with Crippen LogP contribution in [0.2, 0.25) is 0 Å². The highest BCUT2D eigenvalue weighted by Gasteiger charge is 2.28. The summed E-state index contributed by atoms with van der Waals surface area (Å²) in [5, 5.41) is 0. The quantitative estimate of drug-likeness (QED) is 0.685. The number of aryl methyl sites for hydroxylation is 1. The Morgan fingerprint density at radius 2 is 2.00 bits per heavy atom. The molecule has 0 saturated heterocycles. The van der Waals surface area contributed by atoms with Crippen LogP contribution < -0.4 is 4.72 Å². The van der Waals surface area contributed by atoms with E-state index in [4.69, 9.17) is 4.74 Å². The Balaban J connectivity index is 2.88. The van der Waals surface area contributed by atoms with Crippen LogP contribution in [0.15, 0.2) is 18.2 Å². The molecular weight excluding hydrogens is 274 g/mol. The second-order valence-corrected chi connectivity index (χ2v) is 7.78. The van der Waals surface area contributed by atoms with Crippen molar-refractivity contribution in [1.29, 1.82) is 0 Å². The van der Waals surface area contributed by atoms with Crippen molar-refractivity contribution in [2.45, 2.75) is 45.4 Å². The molecular formula is C15H23NO3S. The van der Waals surface area contributed by atoms with E-state index in [0.29, 0.717) is 5.56 Å². The molecule has 2 atom stereocenters. The van der Waals surface area contributed by atoms with E-state index in [2.05, 4.69) is 4.72 Å². The number of ether oxygens (including phenoxy) is 1. The molecule has 0 saturated carbocycles. The van der Waals surface area contributed by atoms with E-state index in [1.807, 2.05) is 46.8 Å². The maximum absolute atomic E-state index is 12.1. The predicted molar refractivity (Wildman–Crippen MR) is 82.0 cm³/mol. The maximum atomic E-state index is 12.1. The van der Waals surface area contributed by atoms with Gasteiger partial charge < -0.3 is 9.29 Å². The van der Waals surface area contributed by atoms with Gasteiger partial charge in [-0.25, -0.2) is 4.79 Å². The monoisotopic (exact) mass is 297 g/mol. The van der Waals surface area contributed by atoms with E-state index in [1.54, 1.807) is 6.07 Å².